The van der Waals surface area contributed by atoms with Crippen molar-refractivity contribution in [2.45, 2.75) is 6.61 Å². The van der Waals surface area contributed by atoms with Crippen LogP contribution in [0.3, 0.4) is 0 Å². The van der Waals surface area contributed by atoms with Gasteiger partial charge in [-0.05, 0) is 18.2 Å². The molecule has 0 saturated carbocycles. The molecule has 0 saturated heterocycles. The quantitative estimate of drug-likeness (QED) is 0.863. The summed E-state index contributed by atoms with van der Waals surface area (Å²) < 4.78 is 5.89. The second kappa shape index (κ2) is 5.39. The summed E-state index contributed by atoms with van der Waals surface area (Å²) in [5, 5.41) is 9.59. The summed E-state index contributed by atoms with van der Waals surface area (Å²) in [5.41, 5.74) is 5.10. The average Bonchev–Trinajstić information content (AvgIpc) is 3.11. The highest BCUT2D eigenvalue weighted by atomic mass is 16.5. The van der Waals surface area contributed by atoms with Gasteiger partial charge in [0.25, 0.3) is 5.91 Å². The number of para-hydroxylation sites is 1. The van der Waals surface area contributed by atoms with E-state index in [9.17, 15) is 9.90 Å². The molecule has 5 nitrogen and oxygen atoms in total. The Morgan fingerprint density at radius 1 is 1.17 bits per heavy atom. The van der Waals surface area contributed by atoms with Gasteiger partial charge in [0.15, 0.2) is 0 Å². The van der Waals surface area contributed by atoms with Crippen LogP contribution in [0.4, 0.5) is 11.4 Å². The van der Waals surface area contributed by atoms with Crippen molar-refractivity contribution in [3.63, 3.8) is 0 Å². The van der Waals surface area contributed by atoms with Crippen molar-refractivity contribution in [3.05, 3.63) is 59.2 Å². The first-order valence-corrected chi connectivity index (χ1v) is 7.81. The van der Waals surface area contributed by atoms with Gasteiger partial charge in [-0.15, -0.1) is 0 Å². The highest BCUT2D eigenvalue weighted by Gasteiger charge is 2.37. The number of fused-ring (bicyclic) bond motifs is 2. The summed E-state index contributed by atoms with van der Waals surface area (Å²) in [6.45, 7) is 0.105. The zero-order chi connectivity index (χ0) is 16.8. The number of anilines is 2. The molecule has 122 valence electrons. The average molecular weight is 322 g/mol. The van der Waals surface area contributed by atoms with Gasteiger partial charge in [-0.2, -0.15) is 0 Å². The van der Waals surface area contributed by atoms with Crippen LogP contribution in [0, 0.1) is 0 Å². The van der Waals surface area contributed by atoms with Gasteiger partial charge in [-0.3, -0.25) is 9.69 Å². The molecule has 0 spiro atoms. The van der Waals surface area contributed by atoms with Gasteiger partial charge in [-0.1, -0.05) is 24.3 Å². The predicted molar refractivity (Wildman–Crippen MR) is 93.4 cm³/mol. The van der Waals surface area contributed by atoms with Crippen molar-refractivity contribution in [1.82, 2.24) is 0 Å². The minimum Gasteiger partial charge on any atom is -0.487 e. The topological polar surface area (TPSA) is 53.0 Å². The highest BCUT2D eigenvalue weighted by molar-refractivity contribution is 6.37. The molecular formula is C19H18N2O3. The van der Waals surface area contributed by atoms with Crippen LogP contribution in [0.25, 0.3) is 11.3 Å². The molecule has 5 heteroatoms. The maximum absolute atomic E-state index is 12.8. The second-order valence-electron chi connectivity index (χ2n) is 6.12. The van der Waals surface area contributed by atoms with Gasteiger partial charge in [0, 0.05) is 36.5 Å². The standard InChI is InChI=1S/C19H18N2O3/c1-20(2)13-8-7-12-10-24-18(15(12)9-13)17-14-5-3-4-6-16(14)21(11-22)19(17)23/h3-9,22H,10-11H2,1-2H3/b18-17+. The number of rotatable bonds is 2. The van der Waals surface area contributed by atoms with E-state index in [1.807, 2.05) is 61.5 Å². The van der Waals surface area contributed by atoms with E-state index >= 15 is 0 Å². The van der Waals surface area contributed by atoms with E-state index in [0.717, 1.165) is 22.4 Å². The monoisotopic (exact) mass is 322 g/mol. The minimum absolute atomic E-state index is 0.225. The number of carbonyl (C=O) groups is 1. The molecule has 24 heavy (non-hydrogen) atoms. The van der Waals surface area contributed by atoms with E-state index in [4.69, 9.17) is 4.74 Å². The molecule has 2 aromatic carbocycles. The van der Waals surface area contributed by atoms with Gasteiger partial charge in [0.1, 0.15) is 19.1 Å². The van der Waals surface area contributed by atoms with E-state index in [2.05, 4.69) is 0 Å². The number of nitrogens with zero attached hydrogens (tertiary/aromatic N) is 2. The van der Waals surface area contributed by atoms with Gasteiger partial charge in [0.05, 0.1) is 11.3 Å². The van der Waals surface area contributed by atoms with Crippen LogP contribution in [-0.2, 0) is 16.1 Å². The van der Waals surface area contributed by atoms with E-state index in [1.165, 1.54) is 4.90 Å². The van der Waals surface area contributed by atoms with Crippen molar-refractivity contribution in [3.8, 4) is 0 Å². The highest BCUT2D eigenvalue weighted by Crippen LogP contribution is 2.44. The van der Waals surface area contributed by atoms with Gasteiger partial charge in [0.2, 0.25) is 0 Å². The van der Waals surface area contributed by atoms with E-state index in [-0.39, 0.29) is 12.6 Å². The number of hydrogen-bond donors (Lipinski definition) is 1. The number of hydrogen-bond acceptors (Lipinski definition) is 4. The van der Waals surface area contributed by atoms with E-state index in [1.54, 1.807) is 0 Å². The van der Waals surface area contributed by atoms with Gasteiger partial charge in [-0.25, -0.2) is 0 Å². The molecule has 0 aliphatic carbocycles. The summed E-state index contributed by atoms with van der Waals surface area (Å²) in [6.07, 6.45) is 0. The molecule has 1 N–H and O–H groups in total. The zero-order valence-corrected chi connectivity index (χ0v) is 13.6. The summed E-state index contributed by atoms with van der Waals surface area (Å²) >= 11 is 0. The molecule has 1 amide bonds. The van der Waals surface area contributed by atoms with Crippen LogP contribution in [0.1, 0.15) is 16.7 Å². The third kappa shape index (κ3) is 2.02. The molecule has 2 aromatic rings. The number of aliphatic hydroxyl groups excluding tert-OH is 1. The van der Waals surface area contributed by atoms with Crippen molar-refractivity contribution < 1.29 is 14.6 Å². The lowest BCUT2D eigenvalue weighted by molar-refractivity contribution is -0.113. The Balaban J connectivity index is 1.94. The maximum Gasteiger partial charge on any atom is 0.264 e. The molecular weight excluding hydrogens is 304 g/mol. The Morgan fingerprint density at radius 3 is 2.71 bits per heavy atom. The van der Waals surface area contributed by atoms with Gasteiger partial charge < -0.3 is 14.7 Å². The Bertz CT molecular complexity index is 871. The summed E-state index contributed by atoms with van der Waals surface area (Å²) in [6, 6.07) is 13.6. The molecule has 0 aromatic heterocycles. The fraction of sp³-hybridized carbons (Fsp3) is 0.211. The van der Waals surface area contributed by atoms with Crippen molar-refractivity contribution >= 4 is 28.6 Å². The first-order valence-electron chi connectivity index (χ1n) is 7.81. The van der Waals surface area contributed by atoms with Crippen molar-refractivity contribution in [1.29, 1.82) is 0 Å². The molecule has 0 bridgehead atoms. The molecule has 0 atom stereocenters. The fourth-order valence-electron chi connectivity index (χ4n) is 3.25. The third-order valence-electron chi connectivity index (χ3n) is 4.52. The van der Waals surface area contributed by atoms with E-state index in [0.29, 0.717) is 23.6 Å². The van der Waals surface area contributed by atoms with Crippen LogP contribution in [0.5, 0.6) is 0 Å². The molecule has 2 aliphatic heterocycles. The summed E-state index contributed by atoms with van der Waals surface area (Å²) in [7, 11) is 3.96. The lowest BCUT2D eigenvalue weighted by atomic mass is 10.00. The summed E-state index contributed by atoms with van der Waals surface area (Å²) in [5.74, 6) is 0.374. The van der Waals surface area contributed by atoms with Crippen molar-refractivity contribution in [2.24, 2.45) is 0 Å². The van der Waals surface area contributed by atoms with Crippen LogP contribution < -0.4 is 9.80 Å². The van der Waals surface area contributed by atoms with Crippen LogP contribution in [0.15, 0.2) is 42.5 Å². The summed E-state index contributed by atoms with van der Waals surface area (Å²) in [4.78, 5) is 16.2. The normalized spacial score (nSPS) is 18.5. The first kappa shape index (κ1) is 14.8. The zero-order valence-electron chi connectivity index (χ0n) is 13.6. The number of carbonyl (C=O) groups excluding carboxylic acids is 1. The SMILES string of the molecule is CN(C)c1ccc2c(c1)/C(=C1\C(=O)N(CO)c3ccccc31)OC2. The molecule has 4 rings (SSSR count). The maximum atomic E-state index is 12.8. The lowest BCUT2D eigenvalue weighted by Gasteiger charge is -2.14. The lowest BCUT2D eigenvalue weighted by Crippen LogP contribution is -2.27. The number of amides is 1. The number of ether oxygens (including phenoxy) is 1. The third-order valence-corrected chi connectivity index (χ3v) is 4.52. The molecule has 0 fully saturated rings. The van der Waals surface area contributed by atoms with Crippen LogP contribution >= 0.6 is 0 Å². The smallest absolute Gasteiger partial charge is 0.264 e. The number of aliphatic hydroxyl groups is 1. The Kier molecular flexibility index (Phi) is 3.32. The van der Waals surface area contributed by atoms with Crippen LogP contribution in [-0.4, -0.2) is 31.8 Å². The Labute approximate surface area is 140 Å². The minimum atomic E-state index is -0.350. The molecule has 0 unspecified atom stereocenters. The number of benzene rings is 2. The van der Waals surface area contributed by atoms with Gasteiger partial charge >= 0.3 is 0 Å². The van der Waals surface area contributed by atoms with Crippen LogP contribution in [0.2, 0.25) is 0 Å². The second-order valence-corrected chi connectivity index (χ2v) is 6.12. The molecule has 2 heterocycles. The predicted octanol–water partition coefficient (Wildman–Crippen LogP) is 2.45. The van der Waals surface area contributed by atoms with Crippen molar-refractivity contribution in [2.75, 3.05) is 30.6 Å². The Hall–Kier alpha value is -2.79. The molecule has 0 radical (unpaired) electrons. The fourth-order valence-corrected chi connectivity index (χ4v) is 3.25. The first-order chi connectivity index (χ1) is 11.6. The van der Waals surface area contributed by atoms with E-state index < -0.39 is 0 Å². The largest absolute Gasteiger partial charge is 0.487 e. The Morgan fingerprint density at radius 2 is 1.96 bits per heavy atom. The molecule has 2 aliphatic rings.